The number of hydrogen-bond acceptors (Lipinski definition) is 5. The van der Waals surface area contributed by atoms with Crippen LogP contribution in [0.25, 0.3) is 0 Å². The average Bonchev–Trinajstić information content (AvgIpc) is 2.65. The molecule has 1 aliphatic rings. The second-order valence-electron chi connectivity index (χ2n) is 6.62. The van der Waals surface area contributed by atoms with Crippen LogP contribution in [0.15, 0.2) is 18.2 Å². The lowest BCUT2D eigenvalue weighted by Gasteiger charge is -2.24. The first-order valence-electron chi connectivity index (χ1n) is 9.64. The maximum atomic E-state index is 12.3. The van der Waals surface area contributed by atoms with Crippen LogP contribution in [-0.2, 0) is 4.79 Å². The van der Waals surface area contributed by atoms with Crippen molar-refractivity contribution in [3.63, 3.8) is 0 Å². The highest BCUT2D eigenvalue weighted by molar-refractivity contribution is 7.99. The van der Waals surface area contributed by atoms with E-state index in [1.54, 1.807) is 0 Å². The van der Waals surface area contributed by atoms with Crippen LogP contribution in [0.5, 0.6) is 11.5 Å². The lowest BCUT2D eigenvalue weighted by Crippen LogP contribution is -2.41. The minimum absolute atomic E-state index is 0. The van der Waals surface area contributed by atoms with Gasteiger partial charge in [0.25, 0.3) is 0 Å². The summed E-state index contributed by atoms with van der Waals surface area (Å²) in [7, 11) is 0. The fraction of sp³-hybridized carbons (Fsp3) is 0.650. The van der Waals surface area contributed by atoms with Crippen molar-refractivity contribution in [2.75, 3.05) is 31.3 Å². The largest absolute Gasteiger partial charge is 0.490 e. The fourth-order valence-electron chi connectivity index (χ4n) is 2.81. The molecule has 0 spiro atoms. The zero-order chi connectivity index (χ0) is 18.8. The molecule has 0 aliphatic carbocycles. The van der Waals surface area contributed by atoms with E-state index in [1.807, 2.05) is 36.9 Å². The second-order valence-corrected chi connectivity index (χ2v) is 7.77. The molecule has 27 heavy (non-hydrogen) atoms. The number of carbonyl (C=O) groups excluding carboxylic acids is 1. The summed E-state index contributed by atoms with van der Waals surface area (Å²) in [6.07, 6.45) is 2.42. The van der Waals surface area contributed by atoms with Crippen LogP contribution in [0.3, 0.4) is 0 Å². The van der Waals surface area contributed by atoms with E-state index >= 15 is 0 Å². The predicted molar refractivity (Wildman–Crippen MR) is 116 cm³/mol. The summed E-state index contributed by atoms with van der Waals surface area (Å²) in [6, 6.07) is 6.14. The Hall–Kier alpha value is -1.11. The highest BCUT2D eigenvalue weighted by Gasteiger charge is 2.19. The van der Waals surface area contributed by atoms with Gasteiger partial charge in [0.2, 0.25) is 5.91 Å². The van der Waals surface area contributed by atoms with Gasteiger partial charge in [0, 0.05) is 30.5 Å². The van der Waals surface area contributed by atoms with Gasteiger partial charge in [-0.1, -0.05) is 19.9 Å². The Morgan fingerprint density at radius 3 is 2.59 bits per heavy atom. The van der Waals surface area contributed by atoms with E-state index in [0.717, 1.165) is 48.0 Å². The fourth-order valence-corrected chi connectivity index (χ4v) is 3.76. The van der Waals surface area contributed by atoms with Crippen molar-refractivity contribution < 1.29 is 14.3 Å². The van der Waals surface area contributed by atoms with Crippen molar-refractivity contribution in [2.45, 2.75) is 52.1 Å². The molecule has 2 atom stereocenters. The molecule has 1 aromatic carbocycles. The minimum atomic E-state index is -0.0667. The Morgan fingerprint density at radius 1 is 1.26 bits per heavy atom. The van der Waals surface area contributed by atoms with Gasteiger partial charge in [0.15, 0.2) is 11.5 Å². The first kappa shape index (κ1) is 23.9. The van der Waals surface area contributed by atoms with Crippen molar-refractivity contribution in [1.29, 1.82) is 0 Å². The number of carbonyl (C=O) groups is 1. The van der Waals surface area contributed by atoms with Crippen LogP contribution in [0, 0.1) is 0 Å². The predicted octanol–water partition coefficient (Wildman–Crippen LogP) is 3.96. The zero-order valence-electron chi connectivity index (χ0n) is 16.6. The zero-order valence-corrected chi connectivity index (χ0v) is 18.2. The Balaban J connectivity index is 0.00000364. The first-order chi connectivity index (χ1) is 12.6. The first-order valence-corrected chi connectivity index (χ1v) is 10.8. The van der Waals surface area contributed by atoms with E-state index in [-0.39, 0.29) is 30.4 Å². The molecule has 0 bridgehead atoms. The molecule has 1 fully saturated rings. The molecule has 0 aromatic heterocycles. The normalized spacial score (nSPS) is 17.5. The van der Waals surface area contributed by atoms with E-state index in [9.17, 15) is 4.79 Å². The number of rotatable bonds is 10. The lowest BCUT2D eigenvalue weighted by atomic mass is 10.1. The van der Waals surface area contributed by atoms with Gasteiger partial charge in [-0.15, -0.1) is 12.4 Å². The SMILES string of the molecule is CCCOc1ccc(C(C)NC(=O)CC2CSCCN2)cc1OCCC.Cl. The molecule has 2 rings (SSSR count). The maximum absolute atomic E-state index is 12.3. The highest BCUT2D eigenvalue weighted by atomic mass is 35.5. The summed E-state index contributed by atoms with van der Waals surface area (Å²) < 4.78 is 11.6. The molecule has 2 unspecified atom stereocenters. The summed E-state index contributed by atoms with van der Waals surface area (Å²) in [4.78, 5) is 12.3. The summed E-state index contributed by atoms with van der Waals surface area (Å²) >= 11 is 1.90. The van der Waals surface area contributed by atoms with Crippen LogP contribution in [-0.4, -0.2) is 43.2 Å². The number of hydrogen-bond donors (Lipinski definition) is 2. The lowest BCUT2D eigenvalue weighted by molar-refractivity contribution is -0.122. The second kappa shape index (κ2) is 13.1. The Morgan fingerprint density at radius 2 is 1.96 bits per heavy atom. The van der Waals surface area contributed by atoms with Gasteiger partial charge < -0.3 is 20.1 Å². The number of nitrogens with one attached hydrogen (secondary N) is 2. The minimum Gasteiger partial charge on any atom is -0.490 e. The molecular weight excluding hydrogens is 384 g/mol. The molecule has 1 aliphatic heterocycles. The average molecular weight is 417 g/mol. The van der Waals surface area contributed by atoms with E-state index in [0.29, 0.717) is 19.6 Å². The van der Waals surface area contributed by atoms with Crippen LogP contribution in [0.4, 0.5) is 0 Å². The number of amides is 1. The molecule has 0 radical (unpaired) electrons. The number of ether oxygens (including phenoxy) is 2. The van der Waals surface area contributed by atoms with Gasteiger partial charge in [-0.3, -0.25) is 4.79 Å². The molecule has 0 saturated carbocycles. The quantitative estimate of drug-likeness (QED) is 0.604. The molecule has 1 heterocycles. The van der Waals surface area contributed by atoms with Gasteiger partial charge >= 0.3 is 0 Å². The van der Waals surface area contributed by atoms with Crippen LogP contribution >= 0.6 is 24.2 Å². The number of thioether (sulfide) groups is 1. The highest BCUT2D eigenvalue weighted by Crippen LogP contribution is 2.31. The van der Waals surface area contributed by atoms with Crippen molar-refractivity contribution >= 4 is 30.1 Å². The van der Waals surface area contributed by atoms with Crippen molar-refractivity contribution in [3.05, 3.63) is 23.8 Å². The summed E-state index contributed by atoms with van der Waals surface area (Å²) in [5.74, 6) is 3.73. The molecule has 1 amide bonds. The van der Waals surface area contributed by atoms with Gasteiger partial charge in [-0.25, -0.2) is 0 Å². The Kier molecular flexibility index (Phi) is 11.6. The number of halogens is 1. The third kappa shape index (κ3) is 8.20. The van der Waals surface area contributed by atoms with Gasteiger partial charge in [0.1, 0.15) is 0 Å². The molecule has 154 valence electrons. The number of benzene rings is 1. The monoisotopic (exact) mass is 416 g/mol. The van der Waals surface area contributed by atoms with E-state index in [1.165, 1.54) is 0 Å². The topological polar surface area (TPSA) is 59.6 Å². The molecule has 2 N–H and O–H groups in total. The Labute approximate surface area is 173 Å². The molecule has 1 saturated heterocycles. The van der Waals surface area contributed by atoms with Gasteiger partial charge in [0.05, 0.1) is 19.3 Å². The molecular formula is C20H33ClN2O3S. The van der Waals surface area contributed by atoms with Crippen molar-refractivity contribution in [1.82, 2.24) is 10.6 Å². The van der Waals surface area contributed by atoms with Gasteiger partial charge in [-0.2, -0.15) is 11.8 Å². The summed E-state index contributed by atoms with van der Waals surface area (Å²) in [5.41, 5.74) is 1.03. The third-order valence-electron chi connectivity index (χ3n) is 4.20. The molecule has 5 nitrogen and oxygen atoms in total. The van der Waals surface area contributed by atoms with Gasteiger partial charge in [-0.05, 0) is 37.5 Å². The van der Waals surface area contributed by atoms with Crippen LogP contribution in [0.2, 0.25) is 0 Å². The van der Waals surface area contributed by atoms with Crippen LogP contribution < -0.4 is 20.1 Å². The van der Waals surface area contributed by atoms with E-state index in [2.05, 4.69) is 24.5 Å². The molecule has 1 aromatic rings. The molecule has 7 heteroatoms. The smallest absolute Gasteiger partial charge is 0.222 e. The van der Waals surface area contributed by atoms with Crippen LogP contribution in [0.1, 0.15) is 51.6 Å². The maximum Gasteiger partial charge on any atom is 0.222 e. The third-order valence-corrected chi connectivity index (χ3v) is 5.33. The van der Waals surface area contributed by atoms with Crippen molar-refractivity contribution in [3.8, 4) is 11.5 Å². The Bertz CT molecular complexity index is 568. The van der Waals surface area contributed by atoms with E-state index in [4.69, 9.17) is 9.47 Å². The van der Waals surface area contributed by atoms with Crippen molar-refractivity contribution in [2.24, 2.45) is 0 Å². The summed E-state index contributed by atoms with van der Waals surface area (Å²) in [5, 5.41) is 6.51. The van der Waals surface area contributed by atoms with E-state index < -0.39 is 0 Å². The standard InChI is InChI=1S/C20H32N2O3S.ClH/c1-4-9-24-18-7-6-16(12-19(18)25-10-5-2)15(3)22-20(23)13-17-14-26-11-8-21-17;/h6-7,12,15,17,21H,4-5,8-11,13-14H2,1-3H3,(H,22,23);1H. The summed E-state index contributed by atoms with van der Waals surface area (Å²) in [6.45, 7) is 8.47.